The van der Waals surface area contributed by atoms with E-state index in [9.17, 15) is 13.2 Å². The Morgan fingerprint density at radius 1 is 0.821 bits per heavy atom. The normalized spacial score (nSPS) is 15.4. The zero-order chi connectivity index (χ0) is 19.9. The lowest BCUT2D eigenvalue weighted by atomic mass is 10.1. The number of benzene rings is 3. The molecule has 0 spiro atoms. The lowest BCUT2D eigenvalue weighted by molar-refractivity contribution is 0.253. The zero-order valence-corrected chi connectivity index (χ0v) is 16.5. The smallest absolute Gasteiger partial charge is 0.287 e. The molecule has 0 atom stereocenters. The van der Waals surface area contributed by atoms with E-state index in [0.717, 1.165) is 21.0 Å². The number of urea groups is 1. The summed E-state index contributed by atoms with van der Waals surface area (Å²) in [4.78, 5) is 15.1. The van der Waals surface area contributed by atoms with Crippen LogP contribution in [-0.2, 0) is 16.6 Å². The van der Waals surface area contributed by atoms with Gasteiger partial charge in [0.25, 0.3) is 10.0 Å². The molecular weight excluding hydrogens is 372 g/mol. The average Bonchev–Trinajstić information content (AvgIpc) is 2.65. The lowest BCUT2D eigenvalue weighted by Crippen LogP contribution is -2.50. The summed E-state index contributed by atoms with van der Waals surface area (Å²) in [5.74, 6) is 0. The van der Waals surface area contributed by atoms with Gasteiger partial charge in [-0.1, -0.05) is 48.5 Å². The van der Waals surface area contributed by atoms with Crippen molar-refractivity contribution in [2.75, 3.05) is 9.21 Å². The van der Waals surface area contributed by atoms with Crippen LogP contribution in [0.25, 0.3) is 0 Å². The van der Waals surface area contributed by atoms with E-state index < -0.39 is 16.1 Å². The molecule has 4 rings (SSSR count). The van der Waals surface area contributed by atoms with Gasteiger partial charge in [0.05, 0.1) is 17.9 Å². The second-order valence-electron chi connectivity index (χ2n) is 6.94. The Kier molecular flexibility index (Phi) is 4.43. The molecule has 0 aliphatic carbocycles. The minimum Gasteiger partial charge on any atom is -0.287 e. The molecule has 0 unspecified atom stereocenters. The highest BCUT2D eigenvalue weighted by atomic mass is 32.2. The summed E-state index contributed by atoms with van der Waals surface area (Å²) in [6.07, 6.45) is 0. The van der Waals surface area contributed by atoms with Gasteiger partial charge in [-0.2, -0.15) is 4.31 Å². The third-order valence-electron chi connectivity index (χ3n) is 4.70. The first-order valence-electron chi connectivity index (χ1n) is 8.96. The minimum atomic E-state index is -4.00. The Morgan fingerprint density at radius 3 is 2.11 bits per heavy atom. The maximum Gasteiger partial charge on any atom is 0.343 e. The van der Waals surface area contributed by atoms with Crippen LogP contribution in [0.15, 0.2) is 77.7 Å². The summed E-state index contributed by atoms with van der Waals surface area (Å²) in [5, 5.41) is 0. The number of carbonyl (C=O) groups excluding carboxylic acids is 1. The van der Waals surface area contributed by atoms with Gasteiger partial charge < -0.3 is 0 Å². The second kappa shape index (κ2) is 6.80. The fraction of sp³-hybridized carbons (Fsp3) is 0.136. The molecule has 0 aromatic heterocycles. The van der Waals surface area contributed by atoms with Crippen molar-refractivity contribution in [3.63, 3.8) is 0 Å². The van der Waals surface area contributed by atoms with Crippen LogP contribution in [-0.4, -0.2) is 14.4 Å². The molecule has 0 fully saturated rings. The number of rotatable bonds is 3. The predicted octanol–water partition coefficient (Wildman–Crippen LogP) is 4.64. The monoisotopic (exact) mass is 392 g/mol. The largest absolute Gasteiger partial charge is 0.343 e. The van der Waals surface area contributed by atoms with Gasteiger partial charge in [-0.15, -0.1) is 0 Å². The van der Waals surface area contributed by atoms with E-state index in [0.29, 0.717) is 11.4 Å². The molecule has 3 aromatic rings. The molecule has 142 valence electrons. The van der Waals surface area contributed by atoms with E-state index in [4.69, 9.17) is 0 Å². The van der Waals surface area contributed by atoms with Crippen molar-refractivity contribution in [1.82, 2.24) is 0 Å². The predicted molar refractivity (Wildman–Crippen MR) is 110 cm³/mol. The van der Waals surface area contributed by atoms with Gasteiger partial charge in [-0.25, -0.2) is 13.2 Å². The van der Waals surface area contributed by atoms with Crippen LogP contribution in [0.1, 0.15) is 16.7 Å². The van der Waals surface area contributed by atoms with Gasteiger partial charge in [0.15, 0.2) is 0 Å². The van der Waals surface area contributed by atoms with E-state index >= 15 is 0 Å². The maximum absolute atomic E-state index is 13.4. The molecule has 1 aliphatic heterocycles. The number of hydrogen-bond donors (Lipinski definition) is 0. The number of nitrogens with zero attached hydrogens (tertiary/aromatic N) is 2. The van der Waals surface area contributed by atoms with Gasteiger partial charge in [-0.05, 0) is 54.8 Å². The molecule has 0 bridgehead atoms. The highest BCUT2D eigenvalue weighted by Gasteiger charge is 2.42. The van der Waals surface area contributed by atoms with Crippen LogP contribution in [0.5, 0.6) is 0 Å². The Morgan fingerprint density at radius 2 is 1.43 bits per heavy atom. The number of carbonyl (C=O) groups is 1. The van der Waals surface area contributed by atoms with Gasteiger partial charge in [0.2, 0.25) is 0 Å². The van der Waals surface area contributed by atoms with Crippen molar-refractivity contribution in [3.8, 4) is 0 Å². The number of sulfonamides is 1. The van der Waals surface area contributed by atoms with Crippen LogP contribution in [0, 0.1) is 13.8 Å². The summed E-state index contributed by atoms with van der Waals surface area (Å²) < 4.78 is 27.5. The Bertz CT molecular complexity index is 1140. The molecule has 0 N–H and O–H groups in total. The summed E-state index contributed by atoms with van der Waals surface area (Å²) in [5.41, 5.74) is 3.47. The third-order valence-corrected chi connectivity index (χ3v) is 6.45. The number of aryl methyl sites for hydroxylation is 2. The van der Waals surface area contributed by atoms with Crippen molar-refractivity contribution in [1.29, 1.82) is 0 Å². The van der Waals surface area contributed by atoms with E-state index in [1.807, 2.05) is 50.2 Å². The molecular formula is C22H20N2O3S. The molecule has 0 radical (unpaired) electrons. The third kappa shape index (κ3) is 3.05. The van der Waals surface area contributed by atoms with Gasteiger partial charge in [0, 0.05) is 0 Å². The quantitative estimate of drug-likeness (QED) is 0.652. The topological polar surface area (TPSA) is 57.7 Å². The Balaban J connectivity index is 1.90. The molecule has 0 saturated carbocycles. The van der Waals surface area contributed by atoms with Crippen molar-refractivity contribution < 1.29 is 13.2 Å². The van der Waals surface area contributed by atoms with Crippen LogP contribution in [0.2, 0.25) is 0 Å². The molecule has 2 amide bonds. The van der Waals surface area contributed by atoms with Crippen molar-refractivity contribution in [2.24, 2.45) is 0 Å². The first-order valence-corrected chi connectivity index (χ1v) is 10.4. The van der Waals surface area contributed by atoms with Gasteiger partial charge in [0.1, 0.15) is 4.90 Å². The fourth-order valence-corrected chi connectivity index (χ4v) is 5.12. The summed E-state index contributed by atoms with van der Waals surface area (Å²) >= 11 is 0. The van der Waals surface area contributed by atoms with E-state index in [-0.39, 0.29) is 11.4 Å². The van der Waals surface area contributed by atoms with E-state index in [2.05, 4.69) is 0 Å². The molecule has 0 saturated heterocycles. The summed E-state index contributed by atoms with van der Waals surface area (Å²) in [7, 11) is -4.00. The van der Waals surface area contributed by atoms with E-state index in [1.54, 1.807) is 36.4 Å². The number of fused-ring (bicyclic) bond motifs is 1. The minimum absolute atomic E-state index is 0.129. The average molecular weight is 392 g/mol. The highest BCUT2D eigenvalue weighted by molar-refractivity contribution is 7.94. The lowest BCUT2D eigenvalue weighted by Gasteiger charge is -2.36. The first kappa shape index (κ1) is 18.3. The van der Waals surface area contributed by atoms with Gasteiger partial charge in [-0.3, -0.25) is 4.90 Å². The fourth-order valence-electron chi connectivity index (χ4n) is 3.55. The molecule has 28 heavy (non-hydrogen) atoms. The van der Waals surface area contributed by atoms with Crippen LogP contribution >= 0.6 is 0 Å². The van der Waals surface area contributed by atoms with Crippen molar-refractivity contribution in [2.45, 2.75) is 25.3 Å². The number of anilines is 2. The zero-order valence-electron chi connectivity index (χ0n) is 15.7. The SMILES string of the molecule is Cc1cc(C)cc(N2C(=O)N(Cc3ccccc3)c3ccccc3S2(=O)=O)c1. The second-order valence-corrected chi connectivity index (χ2v) is 8.69. The van der Waals surface area contributed by atoms with E-state index in [1.165, 1.54) is 4.90 Å². The number of hydrogen-bond acceptors (Lipinski definition) is 3. The Labute approximate surface area is 164 Å². The maximum atomic E-state index is 13.4. The summed E-state index contributed by atoms with van der Waals surface area (Å²) in [6, 6.07) is 21.0. The van der Waals surface area contributed by atoms with Gasteiger partial charge >= 0.3 is 6.03 Å². The van der Waals surface area contributed by atoms with Crippen molar-refractivity contribution >= 4 is 27.4 Å². The molecule has 5 nitrogen and oxygen atoms in total. The highest BCUT2D eigenvalue weighted by Crippen LogP contribution is 2.38. The van der Waals surface area contributed by atoms with Crippen LogP contribution in [0.4, 0.5) is 16.2 Å². The molecule has 3 aromatic carbocycles. The number of amides is 2. The molecule has 1 heterocycles. The standard InChI is InChI=1S/C22H20N2O3S/c1-16-12-17(2)14-19(13-16)24-22(25)23(15-18-8-4-3-5-9-18)20-10-6-7-11-21(20)28(24,26)27/h3-14H,15H2,1-2H3. The summed E-state index contributed by atoms with van der Waals surface area (Å²) in [6.45, 7) is 4.05. The number of para-hydroxylation sites is 1. The Hall–Kier alpha value is -3.12. The first-order chi connectivity index (χ1) is 13.4. The van der Waals surface area contributed by atoms with Crippen molar-refractivity contribution in [3.05, 3.63) is 89.5 Å². The molecule has 1 aliphatic rings. The van der Waals surface area contributed by atoms with Crippen LogP contribution < -0.4 is 9.21 Å². The molecule has 6 heteroatoms. The van der Waals surface area contributed by atoms with Crippen LogP contribution in [0.3, 0.4) is 0 Å².